The van der Waals surface area contributed by atoms with Gasteiger partial charge in [-0.05, 0) is 31.2 Å². The van der Waals surface area contributed by atoms with Gasteiger partial charge in [0.05, 0.1) is 5.69 Å². The Labute approximate surface area is 155 Å². The SMILES string of the molecule is CC(=O)c1cccc(NC(=O)CC2SC(=N)N(c3ccccc3)C2=O)c1. The maximum atomic E-state index is 12.6. The maximum absolute atomic E-state index is 12.6. The molecule has 1 aliphatic rings. The number of amides is 2. The molecular weight excluding hydrogens is 350 g/mol. The fraction of sp³-hybridized carbons (Fsp3) is 0.158. The molecule has 1 saturated heterocycles. The van der Waals surface area contributed by atoms with E-state index in [9.17, 15) is 14.4 Å². The number of nitrogens with one attached hydrogen (secondary N) is 2. The number of anilines is 2. The molecule has 0 aromatic heterocycles. The van der Waals surface area contributed by atoms with Crippen LogP contribution in [0.15, 0.2) is 54.6 Å². The normalized spacial score (nSPS) is 16.7. The minimum Gasteiger partial charge on any atom is -0.326 e. The minimum absolute atomic E-state index is 0.0422. The van der Waals surface area contributed by atoms with Crippen LogP contribution in [0.1, 0.15) is 23.7 Å². The Bertz CT molecular complexity index is 883. The average molecular weight is 367 g/mol. The molecule has 7 heteroatoms. The Morgan fingerprint density at radius 1 is 1.15 bits per heavy atom. The van der Waals surface area contributed by atoms with Gasteiger partial charge in [-0.25, -0.2) is 0 Å². The summed E-state index contributed by atoms with van der Waals surface area (Å²) < 4.78 is 0. The molecule has 2 amide bonds. The molecule has 132 valence electrons. The van der Waals surface area contributed by atoms with Crippen LogP contribution in [0, 0.1) is 5.41 Å². The van der Waals surface area contributed by atoms with Gasteiger partial charge in [0, 0.05) is 17.7 Å². The van der Waals surface area contributed by atoms with Gasteiger partial charge in [-0.15, -0.1) is 0 Å². The van der Waals surface area contributed by atoms with E-state index in [4.69, 9.17) is 5.41 Å². The van der Waals surface area contributed by atoms with Gasteiger partial charge in [0.25, 0.3) is 0 Å². The van der Waals surface area contributed by atoms with Gasteiger partial charge in [-0.1, -0.05) is 42.1 Å². The zero-order valence-corrected chi connectivity index (χ0v) is 14.9. The van der Waals surface area contributed by atoms with Crippen molar-refractivity contribution in [1.82, 2.24) is 0 Å². The summed E-state index contributed by atoms with van der Waals surface area (Å²) in [4.78, 5) is 37.6. The van der Waals surface area contributed by atoms with E-state index in [1.54, 1.807) is 48.5 Å². The van der Waals surface area contributed by atoms with Gasteiger partial charge in [-0.2, -0.15) is 0 Å². The molecule has 0 aliphatic carbocycles. The standard InChI is InChI=1S/C19H17N3O3S/c1-12(23)13-6-5-7-14(10-13)21-17(24)11-16-18(25)22(19(20)26-16)15-8-3-2-4-9-15/h2-10,16,20H,11H2,1H3,(H,21,24). The number of carbonyl (C=O) groups excluding carboxylic acids is 3. The molecule has 1 unspecified atom stereocenters. The summed E-state index contributed by atoms with van der Waals surface area (Å²) in [6, 6.07) is 15.6. The topological polar surface area (TPSA) is 90.3 Å². The second-order valence-electron chi connectivity index (χ2n) is 5.81. The van der Waals surface area contributed by atoms with Crippen molar-refractivity contribution in [3.05, 3.63) is 60.2 Å². The summed E-state index contributed by atoms with van der Waals surface area (Å²) in [7, 11) is 0. The molecule has 0 spiro atoms. The summed E-state index contributed by atoms with van der Waals surface area (Å²) in [5.74, 6) is -0.701. The molecular formula is C19H17N3O3S. The van der Waals surface area contributed by atoms with Crippen LogP contribution in [0.4, 0.5) is 11.4 Å². The van der Waals surface area contributed by atoms with Crippen molar-refractivity contribution in [2.24, 2.45) is 0 Å². The summed E-state index contributed by atoms with van der Waals surface area (Å²) in [5, 5.41) is 10.2. The Balaban J connectivity index is 1.67. The molecule has 26 heavy (non-hydrogen) atoms. The van der Waals surface area contributed by atoms with Crippen LogP contribution >= 0.6 is 11.8 Å². The average Bonchev–Trinajstić information content (AvgIpc) is 2.89. The highest BCUT2D eigenvalue weighted by Gasteiger charge is 2.39. The molecule has 2 aromatic rings. The second-order valence-corrected chi connectivity index (χ2v) is 7.00. The fourth-order valence-corrected chi connectivity index (χ4v) is 3.64. The van der Waals surface area contributed by atoms with E-state index in [0.29, 0.717) is 16.9 Å². The molecule has 0 saturated carbocycles. The highest BCUT2D eigenvalue weighted by Crippen LogP contribution is 2.32. The van der Waals surface area contributed by atoms with Gasteiger partial charge < -0.3 is 5.32 Å². The molecule has 2 N–H and O–H groups in total. The Hall–Kier alpha value is -2.93. The number of hydrogen-bond donors (Lipinski definition) is 2. The molecule has 1 fully saturated rings. The third kappa shape index (κ3) is 3.83. The maximum Gasteiger partial charge on any atom is 0.247 e. The first-order valence-corrected chi connectivity index (χ1v) is 8.89. The van der Waals surface area contributed by atoms with Crippen molar-refractivity contribution < 1.29 is 14.4 Å². The second kappa shape index (κ2) is 7.53. The van der Waals surface area contributed by atoms with Crippen LogP contribution in [0.25, 0.3) is 0 Å². The van der Waals surface area contributed by atoms with Crippen molar-refractivity contribution in [2.45, 2.75) is 18.6 Å². The number of para-hydroxylation sites is 1. The molecule has 1 atom stereocenters. The van der Waals surface area contributed by atoms with E-state index < -0.39 is 5.25 Å². The number of rotatable bonds is 5. The van der Waals surface area contributed by atoms with Crippen LogP contribution in [0.5, 0.6) is 0 Å². The monoisotopic (exact) mass is 367 g/mol. The van der Waals surface area contributed by atoms with Crippen LogP contribution in [-0.4, -0.2) is 28.0 Å². The lowest BCUT2D eigenvalue weighted by Crippen LogP contribution is -2.33. The zero-order valence-electron chi connectivity index (χ0n) is 14.1. The van der Waals surface area contributed by atoms with Crippen LogP contribution < -0.4 is 10.2 Å². The molecule has 1 aliphatic heterocycles. The quantitative estimate of drug-likeness (QED) is 0.794. The smallest absolute Gasteiger partial charge is 0.247 e. The highest BCUT2D eigenvalue weighted by molar-refractivity contribution is 8.16. The van der Waals surface area contributed by atoms with Gasteiger partial charge in [-0.3, -0.25) is 24.7 Å². The van der Waals surface area contributed by atoms with Gasteiger partial charge in [0.1, 0.15) is 5.25 Å². The number of benzene rings is 2. The predicted octanol–water partition coefficient (Wildman–Crippen LogP) is 3.30. The zero-order chi connectivity index (χ0) is 18.7. The summed E-state index contributed by atoms with van der Waals surface area (Å²) in [6.45, 7) is 1.46. The first kappa shape index (κ1) is 17.9. The number of Topliss-reactive ketones (excluding diaryl/α,β-unsaturated/α-hetero) is 1. The summed E-state index contributed by atoms with van der Waals surface area (Å²) >= 11 is 1.07. The van der Waals surface area contributed by atoms with E-state index in [1.807, 2.05) is 6.07 Å². The van der Waals surface area contributed by atoms with E-state index >= 15 is 0 Å². The van der Waals surface area contributed by atoms with Gasteiger partial charge in [0.15, 0.2) is 11.0 Å². The van der Waals surface area contributed by atoms with Crippen molar-refractivity contribution in [1.29, 1.82) is 5.41 Å². The van der Waals surface area contributed by atoms with Crippen LogP contribution in [0.2, 0.25) is 0 Å². The lowest BCUT2D eigenvalue weighted by atomic mass is 10.1. The number of nitrogens with zero attached hydrogens (tertiary/aromatic N) is 1. The fourth-order valence-electron chi connectivity index (χ4n) is 2.63. The lowest BCUT2D eigenvalue weighted by Gasteiger charge is -2.15. The summed E-state index contributed by atoms with van der Waals surface area (Å²) in [5.41, 5.74) is 1.63. The molecule has 0 radical (unpaired) electrons. The number of ketones is 1. The third-order valence-corrected chi connectivity index (χ3v) is 4.95. The number of carbonyl (C=O) groups is 3. The molecule has 2 aromatic carbocycles. The van der Waals surface area contributed by atoms with E-state index in [2.05, 4.69) is 5.32 Å². The van der Waals surface area contributed by atoms with Crippen LogP contribution in [-0.2, 0) is 9.59 Å². The lowest BCUT2D eigenvalue weighted by molar-refractivity contribution is -0.121. The molecule has 0 bridgehead atoms. The Morgan fingerprint density at radius 2 is 1.88 bits per heavy atom. The van der Waals surface area contributed by atoms with E-state index in [0.717, 1.165) is 11.8 Å². The van der Waals surface area contributed by atoms with Gasteiger partial charge in [0.2, 0.25) is 11.8 Å². The molecule has 1 heterocycles. The van der Waals surface area contributed by atoms with Crippen molar-refractivity contribution in [2.75, 3.05) is 10.2 Å². The Morgan fingerprint density at radius 3 is 2.58 bits per heavy atom. The van der Waals surface area contributed by atoms with Crippen molar-refractivity contribution in [3.8, 4) is 0 Å². The van der Waals surface area contributed by atoms with Crippen molar-refractivity contribution >= 4 is 45.9 Å². The third-order valence-electron chi connectivity index (χ3n) is 3.89. The predicted molar refractivity (Wildman–Crippen MR) is 103 cm³/mol. The largest absolute Gasteiger partial charge is 0.326 e. The number of amidine groups is 1. The first-order valence-electron chi connectivity index (χ1n) is 8.01. The van der Waals surface area contributed by atoms with Crippen molar-refractivity contribution in [3.63, 3.8) is 0 Å². The minimum atomic E-state index is -0.640. The number of thioether (sulfide) groups is 1. The number of hydrogen-bond acceptors (Lipinski definition) is 5. The summed E-state index contributed by atoms with van der Waals surface area (Å²) in [6.07, 6.45) is -0.0422. The molecule has 3 rings (SSSR count). The van der Waals surface area contributed by atoms with Crippen LogP contribution in [0.3, 0.4) is 0 Å². The highest BCUT2D eigenvalue weighted by atomic mass is 32.2. The first-order chi connectivity index (χ1) is 12.5. The van der Waals surface area contributed by atoms with E-state index in [-0.39, 0.29) is 29.2 Å². The van der Waals surface area contributed by atoms with Gasteiger partial charge >= 0.3 is 0 Å². The molecule has 6 nitrogen and oxygen atoms in total. The van der Waals surface area contributed by atoms with E-state index in [1.165, 1.54) is 11.8 Å². The Kier molecular flexibility index (Phi) is 5.18.